The molecule has 0 radical (unpaired) electrons. The van der Waals surface area contributed by atoms with Gasteiger partial charge in [0.15, 0.2) is 0 Å². The summed E-state index contributed by atoms with van der Waals surface area (Å²) in [6.45, 7) is 1.47. The molecule has 0 aliphatic carbocycles. The molecule has 0 saturated carbocycles. The first-order valence-corrected chi connectivity index (χ1v) is 5.82. The first kappa shape index (κ1) is 12.5. The van der Waals surface area contributed by atoms with E-state index in [4.69, 9.17) is 0 Å². The number of carbonyl (C=O) groups excluding carboxylic acids is 1. The van der Waals surface area contributed by atoms with E-state index in [0.29, 0.717) is 11.3 Å². The fourth-order valence-corrected chi connectivity index (χ4v) is 2.02. The molecule has 0 spiro atoms. The molecule has 0 amide bonds. The van der Waals surface area contributed by atoms with Crippen molar-refractivity contribution in [3.8, 4) is 0 Å². The number of aromatic nitrogens is 1. The quantitative estimate of drug-likeness (QED) is 0.893. The van der Waals surface area contributed by atoms with Crippen LogP contribution in [-0.2, 0) is 10.4 Å². The Morgan fingerprint density at radius 3 is 2.39 bits per heavy atom. The molecule has 18 heavy (non-hydrogen) atoms. The maximum absolute atomic E-state index is 11.4. The summed E-state index contributed by atoms with van der Waals surface area (Å²) in [4.78, 5) is 15.6. The summed E-state index contributed by atoms with van der Waals surface area (Å²) in [5, 5.41) is 10.8. The first-order chi connectivity index (χ1) is 8.63. The van der Waals surface area contributed by atoms with E-state index in [2.05, 4.69) is 4.98 Å². The second-order valence-corrected chi connectivity index (χ2v) is 4.32. The summed E-state index contributed by atoms with van der Waals surface area (Å²) in [6.07, 6.45) is 1.64. The van der Waals surface area contributed by atoms with Gasteiger partial charge in [0.1, 0.15) is 11.4 Å². The number of carbonyl (C=O) groups is 1. The molecular weight excluding hydrogens is 226 g/mol. The van der Waals surface area contributed by atoms with Gasteiger partial charge in [0.05, 0.1) is 5.69 Å². The highest BCUT2D eigenvalue weighted by Crippen LogP contribution is 2.31. The number of pyridine rings is 1. The number of rotatable bonds is 4. The normalized spacial score (nSPS) is 13.9. The van der Waals surface area contributed by atoms with Crippen molar-refractivity contribution in [2.75, 3.05) is 0 Å². The molecule has 0 saturated heterocycles. The molecule has 1 aromatic heterocycles. The molecule has 2 aromatic rings. The molecule has 1 atom stereocenters. The molecule has 3 nitrogen and oxygen atoms in total. The fourth-order valence-electron chi connectivity index (χ4n) is 2.02. The van der Waals surface area contributed by atoms with Crippen molar-refractivity contribution in [1.82, 2.24) is 4.98 Å². The topological polar surface area (TPSA) is 50.2 Å². The summed E-state index contributed by atoms with van der Waals surface area (Å²) in [5.41, 5.74) is -0.181. The van der Waals surface area contributed by atoms with Crippen LogP contribution in [0.4, 0.5) is 0 Å². The zero-order valence-corrected chi connectivity index (χ0v) is 10.2. The molecule has 92 valence electrons. The fraction of sp³-hybridized carbons (Fsp3) is 0.200. The Bertz CT molecular complexity index is 483. The van der Waals surface area contributed by atoms with Gasteiger partial charge in [-0.1, -0.05) is 36.4 Å². The van der Waals surface area contributed by atoms with Crippen LogP contribution in [0.3, 0.4) is 0 Å². The highest BCUT2D eigenvalue weighted by molar-refractivity contribution is 5.77. The lowest BCUT2D eigenvalue weighted by Gasteiger charge is -2.27. The van der Waals surface area contributed by atoms with Crippen molar-refractivity contribution in [3.05, 3.63) is 66.0 Å². The van der Waals surface area contributed by atoms with Gasteiger partial charge >= 0.3 is 0 Å². The predicted molar refractivity (Wildman–Crippen MR) is 69.0 cm³/mol. The van der Waals surface area contributed by atoms with E-state index in [1.54, 1.807) is 36.5 Å². The molecule has 1 aromatic carbocycles. The molecule has 1 heterocycles. The van der Waals surface area contributed by atoms with Gasteiger partial charge in [0.2, 0.25) is 0 Å². The lowest BCUT2D eigenvalue weighted by atomic mass is 9.85. The summed E-state index contributed by atoms with van der Waals surface area (Å²) in [6, 6.07) is 14.5. The molecule has 0 fully saturated rings. The number of hydrogen-bond acceptors (Lipinski definition) is 3. The Morgan fingerprint density at radius 1 is 1.17 bits per heavy atom. The maximum atomic E-state index is 11.4. The van der Waals surface area contributed by atoms with Gasteiger partial charge in [0, 0.05) is 12.6 Å². The number of nitrogens with zero attached hydrogens (tertiary/aromatic N) is 1. The average Bonchev–Trinajstić information content (AvgIpc) is 2.40. The molecular formula is C15H15NO2. The number of Topliss-reactive ketones (excluding diaryl/α,β-unsaturated/α-hetero) is 1. The summed E-state index contributed by atoms with van der Waals surface area (Å²) < 4.78 is 0. The molecule has 3 heteroatoms. The Kier molecular flexibility index (Phi) is 3.53. The SMILES string of the molecule is CC(=O)CC(O)(c1ccccc1)c1ccccn1. The first-order valence-electron chi connectivity index (χ1n) is 5.82. The van der Waals surface area contributed by atoms with Crippen LogP contribution in [0.15, 0.2) is 54.7 Å². The predicted octanol–water partition coefficient (Wildman–Crippen LogP) is 2.30. The van der Waals surface area contributed by atoms with Gasteiger partial charge in [-0.15, -0.1) is 0 Å². The molecule has 1 N–H and O–H groups in total. The van der Waals surface area contributed by atoms with E-state index >= 15 is 0 Å². The smallest absolute Gasteiger partial charge is 0.138 e. The Morgan fingerprint density at radius 2 is 1.83 bits per heavy atom. The van der Waals surface area contributed by atoms with E-state index < -0.39 is 5.60 Å². The van der Waals surface area contributed by atoms with E-state index in [1.165, 1.54) is 6.92 Å². The third-order valence-electron chi connectivity index (χ3n) is 2.84. The number of benzene rings is 1. The van der Waals surface area contributed by atoms with Crippen LogP contribution in [0.2, 0.25) is 0 Å². The molecule has 0 aliphatic heterocycles. The summed E-state index contributed by atoms with van der Waals surface area (Å²) >= 11 is 0. The third kappa shape index (κ3) is 2.46. The van der Waals surface area contributed by atoms with Gasteiger partial charge < -0.3 is 5.11 Å². The Hall–Kier alpha value is -2.00. The minimum Gasteiger partial charge on any atom is -0.378 e. The van der Waals surface area contributed by atoms with Crippen molar-refractivity contribution >= 4 is 5.78 Å². The van der Waals surface area contributed by atoms with E-state index in [9.17, 15) is 9.90 Å². The molecule has 0 aliphatic rings. The summed E-state index contributed by atoms with van der Waals surface area (Å²) in [7, 11) is 0. The monoisotopic (exact) mass is 241 g/mol. The number of aliphatic hydroxyl groups is 1. The molecule has 1 unspecified atom stereocenters. The molecule has 2 rings (SSSR count). The van der Waals surface area contributed by atoms with Crippen LogP contribution in [0.1, 0.15) is 24.6 Å². The highest BCUT2D eigenvalue weighted by atomic mass is 16.3. The van der Waals surface area contributed by atoms with Crippen molar-refractivity contribution < 1.29 is 9.90 Å². The second-order valence-electron chi connectivity index (χ2n) is 4.32. The van der Waals surface area contributed by atoms with Crippen molar-refractivity contribution in [1.29, 1.82) is 0 Å². The minimum absolute atomic E-state index is 0.0219. The van der Waals surface area contributed by atoms with Crippen LogP contribution in [0, 0.1) is 0 Å². The lowest BCUT2D eigenvalue weighted by Crippen LogP contribution is -2.30. The second kappa shape index (κ2) is 5.10. The van der Waals surface area contributed by atoms with E-state index in [0.717, 1.165) is 0 Å². The van der Waals surface area contributed by atoms with Gasteiger partial charge in [-0.05, 0) is 24.6 Å². The maximum Gasteiger partial charge on any atom is 0.138 e. The van der Waals surface area contributed by atoms with Gasteiger partial charge in [-0.25, -0.2) is 0 Å². The zero-order chi connectivity index (χ0) is 13.0. The minimum atomic E-state index is -1.35. The van der Waals surface area contributed by atoms with Crippen LogP contribution in [0.5, 0.6) is 0 Å². The Balaban J connectivity index is 2.51. The van der Waals surface area contributed by atoms with Crippen LogP contribution < -0.4 is 0 Å². The largest absolute Gasteiger partial charge is 0.378 e. The average molecular weight is 241 g/mol. The Labute approximate surface area is 106 Å². The number of ketones is 1. The zero-order valence-electron chi connectivity index (χ0n) is 10.2. The molecule has 0 bridgehead atoms. The number of hydrogen-bond donors (Lipinski definition) is 1. The van der Waals surface area contributed by atoms with Crippen molar-refractivity contribution in [2.24, 2.45) is 0 Å². The highest BCUT2D eigenvalue weighted by Gasteiger charge is 2.34. The van der Waals surface area contributed by atoms with Crippen LogP contribution >= 0.6 is 0 Å². The standard InChI is InChI=1S/C15H15NO2/c1-12(17)11-15(18,13-7-3-2-4-8-13)14-9-5-6-10-16-14/h2-10,18H,11H2,1H3. The van der Waals surface area contributed by atoms with Crippen LogP contribution in [-0.4, -0.2) is 15.9 Å². The van der Waals surface area contributed by atoms with Gasteiger partial charge in [-0.2, -0.15) is 0 Å². The van der Waals surface area contributed by atoms with Crippen molar-refractivity contribution in [2.45, 2.75) is 18.9 Å². The third-order valence-corrected chi connectivity index (χ3v) is 2.84. The van der Waals surface area contributed by atoms with Gasteiger partial charge in [-0.3, -0.25) is 9.78 Å². The van der Waals surface area contributed by atoms with E-state index in [-0.39, 0.29) is 12.2 Å². The summed E-state index contributed by atoms with van der Waals surface area (Å²) in [5.74, 6) is -0.0768. The van der Waals surface area contributed by atoms with Crippen LogP contribution in [0.25, 0.3) is 0 Å². The van der Waals surface area contributed by atoms with Gasteiger partial charge in [0.25, 0.3) is 0 Å². The van der Waals surface area contributed by atoms with E-state index in [1.807, 2.05) is 18.2 Å². The lowest BCUT2D eigenvalue weighted by molar-refractivity contribution is -0.121. The van der Waals surface area contributed by atoms with Crippen molar-refractivity contribution in [3.63, 3.8) is 0 Å².